The molecule has 42 heavy (non-hydrogen) atoms. The number of rotatable bonds is 6. The van der Waals surface area contributed by atoms with Crippen LogP contribution in [0.15, 0.2) is 121 Å². The Bertz CT molecular complexity index is 1550. The van der Waals surface area contributed by atoms with Crippen LogP contribution in [0.4, 0.5) is 22.7 Å². The third-order valence-corrected chi connectivity index (χ3v) is 7.74. The van der Waals surface area contributed by atoms with Crippen LogP contribution >= 0.6 is 0 Å². The third kappa shape index (κ3) is 6.28. The fourth-order valence-corrected chi connectivity index (χ4v) is 5.10. The Kier molecular flexibility index (Phi) is 7.74. The summed E-state index contributed by atoms with van der Waals surface area (Å²) in [6, 6.07) is 41.2. The Morgan fingerprint density at radius 2 is 0.714 bits per heavy atom. The maximum absolute atomic E-state index is 11.3. The van der Waals surface area contributed by atoms with Gasteiger partial charge in [0.2, 0.25) is 0 Å². The number of nitro benzene ring substituents is 1. The lowest BCUT2D eigenvalue weighted by atomic mass is 9.86. The summed E-state index contributed by atoms with van der Waals surface area (Å²) in [5.74, 6) is 0. The highest BCUT2D eigenvalue weighted by atomic mass is 16.6. The van der Waals surface area contributed by atoms with E-state index in [-0.39, 0.29) is 21.4 Å². The summed E-state index contributed by atoms with van der Waals surface area (Å²) in [6.45, 7) is 13.3. The molecule has 0 bridgehead atoms. The van der Waals surface area contributed by atoms with Crippen molar-refractivity contribution in [3.63, 3.8) is 0 Å². The van der Waals surface area contributed by atoms with Crippen LogP contribution in [-0.4, -0.2) is 4.92 Å². The maximum atomic E-state index is 11.3. The van der Waals surface area contributed by atoms with Gasteiger partial charge in [0.15, 0.2) is 0 Å². The molecule has 0 N–H and O–H groups in total. The van der Waals surface area contributed by atoms with E-state index >= 15 is 0 Å². The van der Waals surface area contributed by atoms with Crippen LogP contribution in [0.1, 0.15) is 52.7 Å². The molecule has 0 saturated heterocycles. The van der Waals surface area contributed by atoms with Crippen molar-refractivity contribution in [2.45, 2.75) is 52.4 Å². The lowest BCUT2D eigenvalue weighted by Gasteiger charge is -2.26. The Labute approximate surface area is 249 Å². The highest BCUT2D eigenvalue weighted by Gasteiger charge is 2.17. The highest BCUT2D eigenvalue weighted by Crippen LogP contribution is 2.38. The van der Waals surface area contributed by atoms with E-state index in [2.05, 4.69) is 144 Å². The predicted molar refractivity (Wildman–Crippen MR) is 176 cm³/mol. The van der Waals surface area contributed by atoms with Crippen molar-refractivity contribution in [2.75, 3.05) is 4.90 Å². The minimum Gasteiger partial charge on any atom is -0.310 e. The zero-order valence-electron chi connectivity index (χ0n) is 25.3. The third-order valence-electron chi connectivity index (χ3n) is 7.74. The standard InChI is InChI=1S/C38H38N2O2/c1-37(2,3)31-15-7-27(8-16-31)29-11-19-33(20-12-29)39(35-23-25-36(26-24-35)40(41)42)34-21-13-30(14-22-34)28-9-17-32(18-10-28)38(4,5)6/h7-26H,1-6H3. The molecule has 4 heteroatoms. The van der Waals surface area contributed by atoms with Crippen molar-refractivity contribution in [2.24, 2.45) is 0 Å². The van der Waals surface area contributed by atoms with Gasteiger partial charge in [-0.25, -0.2) is 0 Å². The van der Waals surface area contributed by atoms with Crippen LogP contribution in [0, 0.1) is 10.1 Å². The summed E-state index contributed by atoms with van der Waals surface area (Å²) in [4.78, 5) is 13.1. The summed E-state index contributed by atoms with van der Waals surface area (Å²) in [5, 5.41) is 11.3. The van der Waals surface area contributed by atoms with Crippen LogP contribution in [0.2, 0.25) is 0 Å². The van der Waals surface area contributed by atoms with Gasteiger partial charge in [-0.3, -0.25) is 10.1 Å². The summed E-state index contributed by atoms with van der Waals surface area (Å²) < 4.78 is 0. The molecule has 0 heterocycles. The number of hydrogen-bond acceptors (Lipinski definition) is 3. The smallest absolute Gasteiger partial charge is 0.269 e. The Hall–Kier alpha value is -4.70. The van der Waals surface area contributed by atoms with Crippen molar-refractivity contribution in [3.05, 3.63) is 143 Å². The number of nitro groups is 1. The van der Waals surface area contributed by atoms with Gasteiger partial charge in [0.25, 0.3) is 5.69 Å². The molecule has 5 aromatic rings. The molecule has 0 saturated carbocycles. The average Bonchev–Trinajstić information content (AvgIpc) is 2.98. The molecule has 0 fully saturated rings. The predicted octanol–water partition coefficient (Wildman–Crippen LogP) is 11.0. The first kappa shape index (κ1) is 28.8. The molecular weight excluding hydrogens is 516 g/mol. The van der Waals surface area contributed by atoms with Gasteiger partial charge in [-0.15, -0.1) is 0 Å². The molecule has 0 aliphatic rings. The van der Waals surface area contributed by atoms with E-state index in [0.29, 0.717) is 0 Å². The largest absolute Gasteiger partial charge is 0.310 e. The van der Waals surface area contributed by atoms with Gasteiger partial charge in [0.1, 0.15) is 0 Å². The molecule has 4 nitrogen and oxygen atoms in total. The van der Waals surface area contributed by atoms with Crippen LogP contribution in [0.5, 0.6) is 0 Å². The molecular formula is C38H38N2O2. The van der Waals surface area contributed by atoms with E-state index in [1.165, 1.54) is 22.3 Å². The minimum atomic E-state index is -0.367. The molecule has 0 aromatic heterocycles. The molecule has 0 aliphatic carbocycles. The molecule has 5 rings (SSSR count). The second kappa shape index (κ2) is 11.3. The summed E-state index contributed by atoms with van der Waals surface area (Å²) in [6.07, 6.45) is 0. The summed E-state index contributed by atoms with van der Waals surface area (Å²) in [5.41, 5.74) is 10.3. The monoisotopic (exact) mass is 554 g/mol. The van der Waals surface area contributed by atoms with Gasteiger partial charge >= 0.3 is 0 Å². The number of anilines is 3. The van der Waals surface area contributed by atoms with Gasteiger partial charge in [0.05, 0.1) is 4.92 Å². The average molecular weight is 555 g/mol. The number of nitrogens with zero attached hydrogens (tertiary/aromatic N) is 2. The molecule has 0 amide bonds. The van der Waals surface area contributed by atoms with Gasteiger partial charge in [0, 0.05) is 29.2 Å². The van der Waals surface area contributed by atoms with Crippen LogP contribution in [0.25, 0.3) is 22.3 Å². The summed E-state index contributed by atoms with van der Waals surface area (Å²) >= 11 is 0. The SMILES string of the molecule is CC(C)(C)c1ccc(-c2ccc(N(c3ccc(-c4ccc(C(C)(C)C)cc4)cc3)c3ccc([N+](=O)[O-])cc3)cc2)cc1. The van der Waals surface area contributed by atoms with E-state index in [9.17, 15) is 10.1 Å². The second-order valence-corrected chi connectivity index (χ2v) is 12.9. The van der Waals surface area contributed by atoms with E-state index in [4.69, 9.17) is 0 Å². The molecule has 0 aliphatic heterocycles. The molecule has 0 unspecified atom stereocenters. The van der Waals surface area contributed by atoms with Gasteiger partial charge in [-0.05, 0) is 80.6 Å². The number of non-ortho nitro benzene ring substituents is 1. The Balaban J connectivity index is 1.48. The zero-order chi connectivity index (χ0) is 30.1. The quantitative estimate of drug-likeness (QED) is 0.155. The second-order valence-electron chi connectivity index (χ2n) is 12.9. The molecule has 5 aromatic carbocycles. The van der Waals surface area contributed by atoms with Crippen LogP contribution in [-0.2, 0) is 10.8 Å². The molecule has 0 atom stereocenters. The van der Waals surface area contributed by atoms with Crippen molar-refractivity contribution >= 4 is 22.7 Å². The van der Waals surface area contributed by atoms with Gasteiger partial charge < -0.3 is 4.90 Å². The summed E-state index contributed by atoms with van der Waals surface area (Å²) in [7, 11) is 0. The number of benzene rings is 5. The van der Waals surface area contributed by atoms with E-state index in [0.717, 1.165) is 28.2 Å². The first-order chi connectivity index (χ1) is 19.9. The lowest BCUT2D eigenvalue weighted by molar-refractivity contribution is -0.384. The van der Waals surface area contributed by atoms with Crippen molar-refractivity contribution in [1.29, 1.82) is 0 Å². The minimum absolute atomic E-state index is 0.0711. The van der Waals surface area contributed by atoms with Gasteiger partial charge in [-0.2, -0.15) is 0 Å². The van der Waals surface area contributed by atoms with Crippen molar-refractivity contribution < 1.29 is 4.92 Å². The topological polar surface area (TPSA) is 46.4 Å². The van der Waals surface area contributed by atoms with E-state index < -0.39 is 0 Å². The molecule has 0 radical (unpaired) electrons. The van der Waals surface area contributed by atoms with Crippen molar-refractivity contribution in [3.8, 4) is 22.3 Å². The maximum Gasteiger partial charge on any atom is 0.269 e. The Morgan fingerprint density at radius 3 is 0.976 bits per heavy atom. The van der Waals surface area contributed by atoms with Crippen LogP contribution in [0.3, 0.4) is 0 Å². The molecule has 0 spiro atoms. The first-order valence-electron chi connectivity index (χ1n) is 14.4. The molecule has 212 valence electrons. The van der Waals surface area contributed by atoms with Crippen molar-refractivity contribution in [1.82, 2.24) is 0 Å². The normalized spacial score (nSPS) is 11.8. The lowest BCUT2D eigenvalue weighted by Crippen LogP contribution is -2.10. The van der Waals surface area contributed by atoms with E-state index in [1.807, 2.05) is 0 Å². The Morgan fingerprint density at radius 1 is 0.452 bits per heavy atom. The van der Waals surface area contributed by atoms with Crippen LogP contribution < -0.4 is 4.90 Å². The fourth-order valence-electron chi connectivity index (χ4n) is 5.10. The van der Waals surface area contributed by atoms with E-state index in [1.54, 1.807) is 24.3 Å². The number of hydrogen-bond donors (Lipinski definition) is 0. The van der Waals surface area contributed by atoms with Gasteiger partial charge in [-0.1, -0.05) is 114 Å². The highest BCUT2D eigenvalue weighted by molar-refractivity contribution is 5.80. The first-order valence-corrected chi connectivity index (χ1v) is 14.4. The fraction of sp³-hybridized carbons (Fsp3) is 0.211. The zero-order valence-corrected chi connectivity index (χ0v) is 25.3.